The largest absolute Gasteiger partial charge is 0.495 e. The van der Waals surface area contributed by atoms with E-state index in [4.69, 9.17) is 10.5 Å². The molecular weight excluding hydrogens is 274 g/mol. The van der Waals surface area contributed by atoms with Crippen molar-refractivity contribution in [1.82, 2.24) is 0 Å². The Kier molecular flexibility index (Phi) is 5.34. The highest BCUT2D eigenvalue weighted by molar-refractivity contribution is 8.00. The standard InChI is InChI=1S/C15H15NOS2/c1-17-14-7-6-12(10-13(14)4-2-8-16)11-19-15-5-3-9-18-15/h3,5-7,9-10H,8,11,16H2,1H3. The molecule has 0 radical (unpaired) electrons. The maximum atomic E-state index is 5.41. The molecule has 2 nitrogen and oxygen atoms in total. The lowest BCUT2D eigenvalue weighted by Crippen LogP contribution is -1.94. The van der Waals surface area contributed by atoms with Crippen LogP contribution >= 0.6 is 23.1 Å². The van der Waals surface area contributed by atoms with E-state index >= 15 is 0 Å². The molecule has 0 aliphatic rings. The lowest BCUT2D eigenvalue weighted by molar-refractivity contribution is 0.413. The molecule has 19 heavy (non-hydrogen) atoms. The van der Waals surface area contributed by atoms with Crippen molar-refractivity contribution in [2.75, 3.05) is 13.7 Å². The van der Waals surface area contributed by atoms with Gasteiger partial charge in [-0.15, -0.1) is 23.1 Å². The summed E-state index contributed by atoms with van der Waals surface area (Å²) < 4.78 is 6.62. The van der Waals surface area contributed by atoms with Gasteiger partial charge in [0.15, 0.2) is 0 Å². The van der Waals surface area contributed by atoms with Crippen LogP contribution in [0.25, 0.3) is 0 Å². The van der Waals surface area contributed by atoms with E-state index in [1.54, 1.807) is 18.4 Å². The Labute approximate surface area is 122 Å². The maximum absolute atomic E-state index is 5.41. The summed E-state index contributed by atoms with van der Waals surface area (Å²) in [7, 11) is 1.66. The first-order valence-corrected chi connectivity index (χ1v) is 7.72. The summed E-state index contributed by atoms with van der Waals surface area (Å²) in [6.07, 6.45) is 0. The molecule has 0 saturated carbocycles. The van der Waals surface area contributed by atoms with Crippen molar-refractivity contribution in [3.8, 4) is 17.6 Å². The van der Waals surface area contributed by atoms with Crippen molar-refractivity contribution in [1.29, 1.82) is 0 Å². The van der Waals surface area contributed by atoms with E-state index in [9.17, 15) is 0 Å². The fourth-order valence-electron chi connectivity index (χ4n) is 1.59. The topological polar surface area (TPSA) is 35.2 Å². The number of ether oxygens (including phenoxy) is 1. The number of hydrogen-bond acceptors (Lipinski definition) is 4. The fourth-order valence-corrected chi connectivity index (χ4v) is 3.32. The number of thiophene rings is 1. The Morgan fingerprint density at radius 3 is 2.95 bits per heavy atom. The van der Waals surface area contributed by atoms with Crippen LogP contribution in [0.4, 0.5) is 0 Å². The van der Waals surface area contributed by atoms with Gasteiger partial charge < -0.3 is 10.5 Å². The van der Waals surface area contributed by atoms with Gasteiger partial charge >= 0.3 is 0 Å². The van der Waals surface area contributed by atoms with Crippen LogP contribution in [0.2, 0.25) is 0 Å². The quantitative estimate of drug-likeness (QED) is 0.692. The minimum atomic E-state index is 0.358. The fraction of sp³-hybridized carbons (Fsp3) is 0.200. The maximum Gasteiger partial charge on any atom is 0.134 e. The molecule has 0 aliphatic heterocycles. The molecule has 2 rings (SSSR count). The van der Waals surface area contributed by atoms with Gasteiger partial charge in [0.05, 0.1) is 23.4 Å². The second-order valence-corrected chi connectivity index (χ2v) is 5.98. The predicted molar refractivity (Wildman–Crippen MR) is 82.8 cm³/mol. The monoisotopic (exact) mass is 289 g/mol. The van der Waals surface area contributed by atoms with Crippen molar-refractivity contribution < 1.29 is 4.74 Å². The predicted octanol–water partition coefficient (Wildman–Crippen LogP) is 3.36. The molecular formula is C15H15NOS2. The van der Waals surface area contributed by atoms with Gasteiger partial charge in [0.2, 0.25) is 0 Å². The van der Waals surface area contributed by atoms with Crippen LogP contribution in [-0.4, -0.2) is 13.7 Å². The molecule has 1 aromatic carbocycles. The Balaban J connectivity index is 2.13. The van der Waals surface area contributed by atoms with Crippen LogP contribution in [0.15, 0.2) is 39.9 Å². The molecule has 2 aromatic rings. The van der Waals surface area contributed by atoms with Gasteiger partial charge in [-0.05, 0) is 29.1 Å². The molecule has 0 bridgehead atoms. The van der Waals surface area contributed by atoms with Crippen molar-refractivity contribution in [3.63, 3.8) is 0 Å². The molecule has 0 fully saturated rings. The third-order valence-electron chi connectivity index (χ3n) is 2.47. The van der Waals surface area contributed by atoms with Gasteiger partial charge in [0.1, 0.15) is 5.75 Å². The molecule has 1 heterocycles. The first-order chi connectivity index (χ1) is 9.33. The molecule has 0 atom stereocenters. The van der Waals surface area contributed by atoms with Crippen LogP contribution in [0.1, 0.15) is 11.1 Å². The molecule has 0 aliphatic carbocycles. The van der Waals surface area contributed by atoms with Gasteiger partial charge in [-0.1, -0.05) is 24.0 Å². The van der Waals surface area contributed by atoms with Crippen LogP contribution in [0.5, 0.6) is 5.75 Å². The van der Waals surface area contributed by atoms with E-state index in [2.05, 4.69) is 41.5 Å². The molecule has 2 N–H and O–H groups in total. The lowest BCUT2D eigenvalue weighted by Gasteiger charge is -2.06. The molecule has 0 spiro atoms. The molecule has 4 heteroatoms. The summed E-state index contributed by atoms with van der Waals surface area (Å²) in [5.41, 5.74) is 7.55. The van der Waals surface area contributed by atoms with Gasteiger partial charge in [-0.25, -0.2) is 0 Å². The summed E-state index contributed by atoms with van der Waals surface area (Å²) in [6, 6.07) is 10.3. The van der Waals surface area contributed by atoms with E-state index < -0.39 is 0 Å². The molecule has 0 amide bonds. The van der Waals surface area contributed by atoms with Crippen molar-refractivity contribution in [3.05, 3.63) is 46.8 Å². The Morgan fingerprint density at radius 1 is 1.37 bits per heavy atom. The zero-order valence-corrected chi connectivity index (χ0v) is 12.3. The molecule has 1 aromatic heterocycles. The highest BCUT2D eigenvalue weighted by Crippen LogP contribution is 2.28. The Hall–Kier alpha value is -1.41. The number of nitrogens with two attached hydrogens (primary N) is 1. The van der Waals surface area contributed by atoms with E-state index in [-0.39, 0.29) is 0 Å². The van der Waals surface area contributed by atoms with E-state index in [1.807, 2.05) is 17.8 Å². The minimum Gasteiger partial charge on any atom is -0.495 e. The van der Waals surface area contributed by atoms with Gasteiger partial charge in [0, 0.05) is 5.75 Å². The van der Waals surface area contributed by atoms with E-state index in [0.717, 1.165) is 17.1 Å². The lowest BCUT2D eigenvalue weighted by atomic mass is 10.1. The smallest absolute Gasteiger partial charge is 0.134 e. The zero-order valence-electron chi connectivity index (χ0n) is 10.7. The molecule has 0 saturated heterocycles. The number of methoxy groups -OCH3 is 1. The third kappa shape index (κ3) is 4.03. The summed E-state index contributed by atoms with van der Waals surface area (Å²) in [4.78, 5) is 0. The van der Waals surface area contributed by atoms with Crippen LogP contribution in [-0.2, 0) is 5.75 Å². The number of hydrogen-bond donors (Lipinski definition) is 1. The second-order valence-electron chi connectivity index (χ2n) is 3.76. The number of thioether (sulfide) groups is 1. The summed E-state index contributed by atoms with van der Waals surface area (Å²) in [5.74, 6) is 7.65. The summed E-state index contributed by atoms with van der Waals surface area (Å²) >= 11 is 3.59. The van der Waals surface area contributed by atoms with E-state index in [1.165, 1.54) is 9.77 Å². The van der Waals surface area contributed by atoms with Gasteiger partial charge in [0.25, 0.3) is 0 Å². The summed E-state index contributed by atoms with van der Waals surface area (Å²) in [5, 5.41) is 2.09. The summed E-state index contributed by atoms with van der Waals surface area (Å²) in [6.45, 7) is 0.358. The number of benzene rings is 1. The average molecular weight is 289 g/mol. The highest BCUT2D eigenvalue weighted by atomic mass is 32.2. The first kappa shape index (κ1) is 14.0. The second kappa shape index (κ2) is 7.25. The zero-order chi connectivity index (χ0) is 13.5. The Morgan fingerprint density at radius 2 is 2.26 bits per heavy atom. The normalized spacial score (nSPS) is 9.79. The third-order valence-corrected chi connectivity index (χ3v) is 4.67. The van der Waals surface area contributed by atoms with Gasteiger partial charge in [-0.2, -0.15) is 0 Å². The number of rotatable bonds is 4. The van der Waals surface area contributed by atoms with Crippen LogP contribution < -0.4 is 10.5 Å². The van der Waals surface area contributed by atoms with E-state index in [0.29, 0.717) is 6.54 Å². The Bertz CT molecular complexity index is 582. The first-order valence-electron chi connectivity index (χ1n) is 5.85. The van der Waals surface area contributed by atoms with Crippen molar-refractivity contribution in [2.24, 2.45) is 5.73 Å². The molecule has 98 valence electrons. The van der Waals surface area contributed by atoms with Crippen LogP contribution in [0.3, 0.4) is 0 Å². The van der Waals surface area contributed by atoms with Crippen molar-refractivity contribution in [2.45, 2.75) is 9.96 Å². The highest BCUT2D eigenvalue weighted by Gasteiger charge is 2.03. The van der Waals surface area contributed by atoms with Crippen molar-refractivity contribution >= 4 is 23.1 Å². The van der Waals surface area contributed by atoms with Gasteiger partial charge in [-0.3, -0.25) is 0 Å². The molecule has 0 unspecified atom stereocenters. The van der Waals surface area contributed by atoms with Crippen LogP contribution in [0, 0.1) is 11.8 Å². The average Bonchev–Trinajstić information content (AvgIpc) is 2.96. The SMILES string of the molecule is COc1ccc(CSc2cccs2)cc1C#CCN. The minimum absolute atomic E-state index is 0.358.